The number of nitrogens with zero attached hydrogens (tertiary/aromatic N) is 8. The van der Waals surface area contributed by atoms with E-state index in [2.05, 4.69) is 30.9 Å². The lowest BCUT2D eigenvalue weighted by molar-refractivity contribution is -0.140. The number of nitrogens with one attached hydrogen (secondary N) is 3. The molecule has 3 saturated heterocycles. The van der Waals surface area contributed by atoms with Crippen LogP contribution >= 0.6 is 0 Å². The Morgan fingerprint density at radius 2 is 1.73 bits per heavy atom. The highest BCUT2D eigenvalue weighted by Crippen LogP contribution is 2.38. The Bertz CT molecular complexity index is 2350. The van der Waals surface area contributed by atoms with E-state index in [9.17, 15) is 37.5 Å². The van der Waals surface area contributed by atoms with Crippen LogP contribution < -0.4 is 35.5 Å². The van der Waals surface area contributed by atoms with Crippen LogP contribution in [0.2, 0.25) is 0 Å². The van der Waals surface area contributed by atoms with Gasteiger partial charge in [0.15, 0.2) is 5.82 Å². The molecule has 1 unspecified atom stereocenters. The number of hydrogen-bond donors (Lipinski definition) is 3. The topological polar surface area (TPSA) is 193 Å². The lowest BCUT2D eigenvalue weighted by atomic mass is 9.91. The van der Waals surface area contributed by atoms with Gasteiger partial charge in [-0.15, -0.1) is 0 Å². The monoisotopic (exact) mass is 885 g/mol. The van der Waals surface area contributed by atoms with Gasteiger partial charge in [0, 0.05) is 88.6 Å². The fraction of sp³-hybridized carbons (Fsp3) is 0.500. The summed E-state index contributed by atoms with van der Waals surface area (Å²) in [7, 11) is 2.72. The van der Waals surface area contributed by atoms with Crippen LogP contribution in [0.4, 0.5) is 37.6 Å². The SMILES string of the molecule is COc1cc(C(=O)NN2CCN(C(=O)CCC3CCN(c4ccc5c(c4)CN(C4CCC(=O)NC4=O)C5=O)CC3)CC2)ccc1Nc1ncc2c(n1)N(C(C)C)CC(F)(F)C(=O)N2C. The normalized spacial score (nSPS) is 20.5. The molecule has 64 heavy (non-hydrogen) atoms. The third-order valence-electron chi connectivity index (χ3n) is 12.8. The van der Waals surface area contributed by atoms with Crippen molar-refractivity contribution in [1.29, 1.82) is 0 Å². The molecule has 3 aromatic rings. The smallest absolute Gasteiger partial charge is 0.342 e. The van der Waals surface area contributed by atoms with Crippen LogP contribution in [-0.2, 0) is 25.7 Å². The minimum Gasteiger partial charge on any atom is -0.495 e. The molecule has 0 radical (unpaired) electrons. The van der Waals surface area contributed by atoms with Crippen LogP contribution in [0.15, 0.2) is 42.6 Å². The summed E-state index contributed by atoms with van der Waals surface area (Å²) in [4.78, 5) is 93.0. The maximum atomic E-state index is 14.8. The van der Waals surface area contributed by atoms with Crippen LogP contribution in [0.5, 0.6) is 5.75 Å². The first-order chi connectivity index (χ1) is 30.6. The fourth-order valence-electron chi connectivity index (χ4n) is 9.07. The van der Waals surface area contributed by atoms with Crippen LogP contribution in [0.25, 0.3) is 0 Å². The highest BCUT2D eigenvalue weighted by Gasteiger charge is 2.48. The summed E-state index contributed by atoms with van der Waals surface area (Å²) in [6.45, 7) is 6.51. The number of piperidine rings is 2. The molecular weight excluding hydrogens is 833 g/mol. The van der Waals surface area contributed by atoms with Crippen LogP contribution in [0, 0.1) is 5.92 Å². The van der Waals surface area contributed by atoms with Gasteiger partial charge in [0.1, 0.15) is 17.5 Å². The molecule has 0 saturated carbocycles. The van der Waals surface area contributed by atoms with Gasteiger partial charge in [-0.1, -0.05) is 0 Å². The molecule has 20 heteroatoms. The van der Waals surface area contributed by atoms with Crippen LogP contribution in [-0.4, -0.2) is 138 Å². The number of amides is 6. The zero-order chi connectivity index (χ0) is 45.4. The maximum absolute atomic E-state index is 14.8. The van der Waals surface area contributed by atoms with Crippen molar-refractivity contribution in [3.05, 3.63) is 59.3 Å². The number of alkyl halides is 2. The highest BCUT2D eigenvalue weighted by atomic mass is 19.3. The van der Waals surface area contributed by atoms with Crippen LogP contribution in [0.1, 0.15) is 78.7 Å². The van der Waals surface area contributed by atoms with E-state index in [1.807, 2.05) is 23.1 Å². The molecule has 6 heterocycles. The highest BCUT2D eigenvalue weighted by molar-refractivity contribution is 6.06. The minimum atomic E-state index is -3.62. The predicted molar refractivity (Wildman–Crippen MR) is 231 cm³/mol. The first-order valence-electron chi connectivity index (χ1n) is 21.7. The van der Waals surface area contributed by atoms with Crippen molar-refractivity contribution in [2.24, 2.45) is 5.92 Å². The van der Waals surface area contributed by atoms with E-state index in [-0.39, 0.29) is 47.5 Å². The molecule has 5 aliphatic heterocycles. The van der Waals surface area contributed by atoms with Gasteiger partial charge in [-0.3, -0.25) is 39.5 Å². The number of carbonyl (C=O) groups excluding carboxylic acids is 6. The van der Waals surface area contributed by atoms with Crippen molar-refractivity contribution in [3.8, 4) is 5.75 Å². The van der Waals surface area contributed by atoms with Crippen LogP contribution in [0.3, 0.4) is 0 Å². The molecule has 3 N–H and O–H groups in total. The van der Waals surface area contributed by atoms with E-state index in [1.165, 1.54) is 25.3 Å². The zero-order valence-electron chi connectivity index (χ0n) is 36.4. The maximum Gasteiger partial charge on any atom is 0.342 e. The first kappa shape index (κ1) is 44.2. The van der Waals surface area contributed by atoms with E-state index >= 15 is 0 Å². The summed E-state index contributed by atoms with van der Waals surface area (Å²) in [5.74, 6) is -5.16. The standard InChI is InChI=1S/C44H53F2N11O7/c1-26(2)57-25-44(45,46)42(63)52(3)34-23-47-43(50-38(34)57)48-32-9-6-28(22-35(32)64-4)39(60)51-55-19-17-54(18-20-55)37(59)12-5-27-13-15-53(16-14-27)30-7-8-31-29(21-30)24-56(41(31)62)33-10-11-36(58)49-40(33)61/h6-9,21-23,26-27,33H,5,10-20,24-25H2,1-4H3,(H,51,60)(H,47,48,50)(H,49,58,61). The molecule has 3 fully saturated rings. The molecule has 2 aromatic carbocycles. The number of methoxy groups -OCH3 is 1. The quantitative estimate of drug-likeness (QED) is 0.238. The molecule has 6 amide bonds. The number of imide groups is 1. The number of hydrogen-bond acceptors (Lipinski definition) is 13. The number of piperazine rings is 1. The Kier molecular flexibility index (Phi) is 12.4. The number of halogens is 2. The fourth-order valence-corrected chi connectivity index (χ4v) is 9.07. The van der Waals surface area contributed by atoms with Crippen molar-refractivity contribution in [2.75, 3.05) is 80.0 Å². The van der Waals surface area contributed by atoms with Gasteiger partial charge in [-0.25, -0.2) is 9.99 Å². The van der Waals surface area contributed by atoms with Crippen molar-refractivity contribution >= 4 is 64.3 Å². The molecule has 1 atom stereocenters. The minimum absolute atomic E-state index is 0.0823. The number of rotatable bonds is 11. The third-order valence-corrected chi connectivity index (χ3v) is 12.8. The average molecular weight is 886 g/mol. The van der Waals surface area contributed by atoms with Gasteiger partial charge in [0.05, 0.1) is 25.5 Å². The predicted octanol–water partition coefficient (Wildman–Crippen LogP) is 3.30. The lowest BCUT2D eigenvalue weighted by Crippen LogP contribution is -2.54. The molecule has 0 spiro atoms. The molecule has 0 bridgehead atoms. The second kappa shape index (κ2) is 18.0. The summed E-state index contributed by atoms with van der Waals surface area (Å²) >= 11 is 0. The van der Waals surface area contributed by atoms with Gasteiger partial charge in [0.2, 0.25) is 23.7 Å². The summed E-state index contributed by atoms with van der Waals surface area (Å²) in [5, 5.41) is 7.18. The van der Waals surface area contributed by atoms with Crippen molar-refractivity contribution in [1.82, 2.24) is 35.5 Å². The van der Waals surface area contributed by atoms with E-state index in [4.69, 9.17) is 4.74 Å². The number of aromatic nitrogens is 2. The Hall–Kier alpha value is -6.44. The van der Waals surface area contributed by atoms with E-state index in [0.717, 1.165) is 48.5 Å². The first-order valence-corrected chi connectivity index (χ1v) is 21.7. The number of carbonyl (C=O) groups is 6. The summed E-state index contributed by atoms with van der Waals surface area (Å²) < 4.78 is 35.1. The molecule has 1 aromatic heterocycles. The molecule has 5 aliphatic rings. The number of hydrazine groups is 1. The number of benzene rings is 2. The van der Waals surface area contributed by atoms with Gasteiger partial charge >= 0.3 is 5.92 Å². The number of anilines is 5. The van der Waals surface area contributed by atoms with Gasteiger partial charge in [-0.2, -0.15) is 13.8 Å². The molecular formula is C44H53F2N11O7. The second-order valence-electron chi connectivity index (χ2n) is 17.3. The van der Waals surface area contributed by atoms with Gasteiger partial charge in [-0.05, 0) is 87.4 Å². The average Bonchev–Trinajstić information content (AvgIpc) is 3.58. The Labute approximate surface area is 369 Å². The largest absolute Gasteiger partial charge is 0.495 e. The summed E-state index contributed by atoms with van der Waals surface area (Å²) in [5.41, 5.74) is 6.34. The van der Waals surface area contributed by atoms with E-state index < -0.39 is 36.4 Å². The van der Waals surface area contributed by atoms with E-state index in [0.29, 0.717) is 74.0 Å². The van der Waals surface area contributed by atoms with Crippen molar-refractivity contribution in [3.63, 3.8) is 0 Å². The summed E-state index contributed by atoms with van der Waals surface area (Å²) in [6.07, 6.45) is 4.99. The molecule has 8 rings (SSSR count). The van der Waals surface area contributed by atoms with Gasteiger partial charge < -0.3 is 34.6 Å². The number of fused-ring (bicyclic) bond motifs is 2. The van der Waals surface area contributed by atoms with Gasteiger partial charge in [0.25, 0.3) is 17.7 Å². The Morgan fingerprint density at radius 3 is 2.44 bits per heavy atom. The Balaban J connectivity index is 0.782. The molecule has 0 aliphatic carbocycles. The summed E-state index contributed by atoms with van der Waals surface area (Å²) in [6, 6.07) is 9.58. The molecule has 340 valence electrons. The number of ether oxygens (including phenoxy) is 1. The second-order valence-corrected chi connectivity index (χ2v) is 17.3. The molecule has 18 nitrogen and oxygen atoms in total. The van der Waals surface area contributed by atoms with E-state index in [1.54, 1.807) is 42.0 Å². The lowest BCUT2D eigenvalue weighted by Gasteiger charge is -2.36. The van der Waals surface area contributed by atoms with Crippen molar-refractivity contribution in [2.45, 2.75) is 76.9 Å². The zero-order valence-corrected chi connectivity index (χ0v) is 36.4. The third kappa shape index (κ3) is 9.00. The van der Waals surface area contributed by atoms with Crippen molar-refractivity contribution < 1.29 is 42.3 Å². The Morgan fingerprint density at radius 1 is 0.984 bits per heavy atom.